The molecule has 2 aromatic rings. The van der Waals surface area contributed by atoms with E-state index in [1.165, 1.54) is 6.92 Å². The van der Waals surface area contributed by atoms with Gasteiger partial charge in [0, 0.05) is 17.8 Å². The van der Waals surface area contributed by atoms with Crippen molar-refractivity contribution in [1.82, 2.24) is 5.32 Å². The van der Waals surface area contributed by atoms with Gasteiger partial charge in [-0.1, -0.05) is 35.9 Å². The molecule has 0 saturated carbocycles. The highest BCUT2D eigenvalue weighted by molar-refractivity contribution is 5.98. The number of hydrogen-bond acceptors (Lipinski definition) is 4. The molecule has 0 aliphatic rings. The van der Waals surface area contributed by atoms with Gasteiger partial charge in [-0.05, 0) is 45.0 Å². The second-order valence-electron chi connectivity index (χ2n) is 6.10. The van der Waals surface area contributed by atoms with Crippen molar-refractivity contribution >= 4 is 23.5 Å². The zero-order valence-corrected chi connectivity index (χ0v) is 15.8. The summed E-state index contributed by atoms with van der Waals surface area (Å²) in [6.45, 7) is 5.44. The number of anilines is 1. The predicted octanol–water partition coefficient (Wildman–Crippen LogP) is 2.71. The van der Waals surface area contributed by atoms with Gasteiger partial charge in [-0.25, -0.2) is 0 Å². The molecule has 0 aromatic heterocycles. The summed E-state index contributed by atoms with van der Waals surface area (Å²) in [5, 5.41) is 2.50. The minimum absolute atomic E-state index is 0.304. The molecular formula is C21H24N2O4. The number of ether oxygens (including phenoxy) is 1. The maximum absolute atomic E-state index is 12.6. The molecule has 0 bridgehead atoms. The maximum atomic E-state index is 12.6. The average molecular weight is 368 g/mol. The van der Waals surface area contributed by atoms with Crippen LogP contribution in [0.3, 0.4) is 0 Å². The lowest BCUT2D eigenvalue weighted by atomic mass is 10.1. The molecule has 0 aliphatic heterocycles. The minimum Gasteiger partial charge on any atom is -0.451 e. The molecule has 142 valence electrons. The molecule has 0 radical (unpaired) electrons. The monoisotopic (exact) mass is 368 g/mol. The highest BCUT2D eigenvalue weighted by Crippen LogP contribution is 2.15. The molecule has 0 heterocycles. The van der Waals surface area contributed by atoms with Gasteiger partial charge in [-0.15, -0.1) is 0 Å². The minimum atomic E-state index is -0.950. The first kappa shape index (κ1) is 20.2. The van der Waals surface area contributed by atoms with Crippen LogP contribution in [0.2, 0.25) is 0 Å². The Morgan fingerprint density at radius 3 is 2.26 bits per heavy atom. The molecular weight excluding hydrogens is 344 g/mol. The van der Waals surface area contributed by atoms with Crippen LogP contribution in [-0.4, -0.2) is 37.0 Å². The third-order valence-corrected chi connectivity index (χ3v) is 4.01. The Labute approximate surface area is 159 Å². The van der Waals surface area contributed by atoms with E-state index < -0.39 is 12.1 Å². The van der Waals surface area contributed by atoms with Gasteiger partial charge in [-0.3, -0.25) is 14.4 Å². The summed E-state index contributed by atoms with van der Waals surface area (Å²) in [4.78, 5) is 38.1. The SMILES string of the molecule is CCN(C(=O)C(C)OC(=O)CNC(=O)c1ccc(C)cc1)c1ccccc1. The second-order valence-corrected chi connectivity index (χ2v) is 6.10. The van der Waals surface area contributed by atoms with Crippen LogP contribution in [0, 0.1) is 6.92 Å². The lowest BCUT2D eigenvalue weighted by Crippen LogP contribution is -2.41. The van der Waals surface area contributed by atoms with Crippen molar-refractivity contribution in [2.75, 3.05) is 18.0 Å². The van der Waals surface area contributed by atoms with Crippen LogP contribution in [0.25, 0.3) is 0 Å². The molecule has 0 fully saturated rings. The van der Waals surface area contributed by atoms with Crippen LogP contribution < -0.4 is 10.2 Å². The van der Waals surface area contributed by atoms with E-state index >= 15 is 0 Å². The van der Waals surface area contributed by atoms with E-state index in [1.807, 2.05) is 56.3 Å². The number of nitrogens with one attached hydrogen (secondary N) is 1. The van der Waals surface area contributed by atoms with Crippen LogP contribution in [0.5, 0.6) is 0 Å². The molecule has 0 saturated heterocycles. The van der Waals surface area contributed by atoms with E-state index in [1.54, 1.807) is 17.0 Å². The van der Waals surface area contributed by atoms with E-state index in [0.29, 0.717) is 12.1 Å². The fraction of sp³-hybridized carbons (Fsp3) is 0.286. The fourth-order valence-corrected chi connectivity index (χ4v) is 2.54. The van der Waals surface area contributed by atoms with Gasteiger partial charge in [0.05, 0.1) is 0 Å². The topological polar surface area (TPSA) is 75.7 Å². The van der Waals surface area contributed by atoms with Gasteiger partial charge in [-0.2, -0.15) is 0 Å². The number of esters is 1. The standard InChI is InChI=1S/C21H24N2O4/c1-4-23(18-8-6-5-7-9-18)21(26)16(3)27-19(24)14-22-20(25)17-12-10-15(2)11-13-17/h5-13,16H,4,14H2,1-3H3,(H,22,25). The van der Waals surface area contributed by atoms with E-state index in [0.717, 1.165) is 11.3 Å². The lowest BCUT2D eigenvalue weighted by Gasteiger charge is -2.24. The molecule has 27 heavy (non-hydrogen) atoms. The Balaban J connectivity index is 1.87. The predicted molar refractivity (Wildman–Crippen MR) is 104 cm³/mol. The van der Waals surface area contributed by atoms with Crippen molar-refractivity contribution in [2.24, 2.45) is 0 Å². The van der Waals surface area contributed by atoms with E-state index in [4.69, 9.17) is 4.74 Å². The summed E-state index contributed by atoms with van der Waals surface area (Å²) >= 11 is 0. The van der Waals surface area contributed by atoms with Crippen LogP contribution in [0.1, 0.15) is 29.8 Å². The number of hydrogen-bond donors (Lipinski definition) is 1. The summed E-state index contributed by atoms with van der Waals surface area (Å²) in [6.07, 6.45) is -0.950. The van der Waals surface area contributed by atoms with Gasteiger partial charge < -0.3 is 15.0 Å². The summed E-state index contributed by atoms with van der Waals surface area (Å²) in [6, 6.07) is 16.2. The Morgan fingerprint density at radius 1 is 1.04 bits per heavy atom. The lowest BCUT2D eigenvalue weighted by molar-refractivity contribution is -0.152. The van der Waals surface area contributed by atoms with Crippen molar-refractivity contribution < 1.29 is 19.1 Å². The van der Waals surface area contributed by atoms with Crippen molar-refractivity contribution in [3.63, 3.8) is 0 Å². The zero-order chi connectivity index (χ0) is 19.8. The Morgan fingerprint density at radius 2 is 1.67 bits per heavy atom. The zero-order valence-electron chi connectivity index (χ0n) is 15.8. The Hall–Kier alpha value is -3.15. The fourth-order valence-electron chi connectivity index (χ4n) is 2.54. The number of nitrogens with zero attached hydrogens (tertiary/aromatic N) is 1. The van der Waals surface area contributed by atoms with Crippen LogP contribution in [0.15, 0.2) is 54.6 Å². The summed E-state index contributed by atoms with van der Waals surface area (Å²) in [5.41, 5.74) is 2.23. The number of likely N-dealkylation sites (N-methyl/N-ethyl adjacent to an activating group) is 1. The summed E-state index contributed by atoms with van der Waals surface area (Å²) in [5.74, 6) is -1.35. The average Bonchev–Trinajstić information content (AvgIpc) is 2.68. The Bertz CT molecular complexity index is 788. The quantitative estimate of drug-likeness (QED) is 0.763. The third-order valence-electron chi connectivity index (χ3n) is 4.01. The molecule has 1 unspecified atom stereocenters. The highest BCUT2D eigenvalue weighted by atomic mass is 16.5. The van der Waals surface area contributed by atoms with E-state index in [-0.39, 0.29) is 18.4 Å². The van der Waals surface area contributed by atoms with Crippen molar-refractivity contribution in [1.29, 1.82) is 0 Å². The molecule has 1 atom stereocenters. The molecule has 6 heteroatoms. The number of aryl methyl sites for hydroxylation is 1. The van der Waals surface area contributed by atoms with E-state index in [2.05, 4.69) is 5.32 Å². The van der Waals surface area contributed by atoms with Crippen molar-refractivity contribution in [2.45, 2.75) is 26.9 Å². The molecule has 0 aliphatic carbocycles. The molecule has 2 rings (SSSR count). The number of para-hydroxylation sites is 1. The van der Waals surface area contributed by atoms with E-state index in [9.17, 15) is 14.4 Å². The molecule has 0 spiro atoms. The second kappa shape index (κ2) is 9.52. The normalized spacial score (nSPS) is 11.4. The first-order valence-corrected chi connectivity index (χ1v) is 8.83. The summed E-state index contributed by atoms with van der Waals surface area (Å²) in [7, 11) is 0. The molecule has 2 aromatic carbocycles. The highest BCUT2D eigenvalue weighted by Gasteiger charge is 2.24. The van der Waals surface area contributed by atoms with Gasteiger partial charge in [0.25, 0.3) is 11.8 Å². The first-order valence-electron chi connectivity index (χ1n) is 8.83. The van der Waals surface area contributed by atoms with Crippen LogP contribution >= 0.6 is 0 Å². The molecule has 2 amide bonds. The number of amides is 2. The number of carbonyl (C=O) groups excluding carboxylic acids is 3. The van der Waals surface area contributed by atoms with Crippen LogP contribution in [0.4, 0.5) is 5.69 Å². The van der Waals surface area contributed by atoms with Crippen LogP contribution in [-0.2, 0) is 14.3 Å². The first-order chi connectivity index (χ1) is 12.9. The molecule has 6 nitrogen and oxygen atoms in total. The molecule has 1 N–H and O–H groups in total. The third kappa shape index (κ3) is 5.67. The van der Waals surface area contributed by atoms with Gasteiger partial charge >= 0.3 is 5.97 Å². The summed E-state index contributed by atoms with van der Waals surface area (Å²) < 4.78 is 5.18. The van der Waals surface area contributed by atoms with Gasteiger partial charge in [0.1, 0.15) is 6.54 Å². The number of rotatable bonds is 7. The van der Waals surface area contributed by atoms with Gasteiger partial charge in [0.2, 0.25) is 0 Å². The van der Waals surface area contributed by atoms with Crippen molar-refractivity contribution in [3.05, 3.63) is 65.7 Å². The smallest absolute Gasteiger partial charge is 0.326 e. The number of carbonyl (C=O) groups is 3. The van der Waals surface area contributed by atoms with Crippen molar-refractivity contribution in [3.8, 4) is 0 Å². The Kier molecular flexibility index (Phi) is 7.11. The largest absolute Gasteiger partial charge is 0.451 e. The van der Waals surface area contributed by atoms with Gasteiger partial charge in [0.15, 0.2) is 6.10 Å². The number of benzene rings is 2. The maximum Gasteiger partial charge on any atom is 0.326 e.